The van der Waals surface area contributed by atoms with E-state index in [-0.39, 0.29) is 0 Å². The molecule has 2 rings (SSSR count). The van der Waals surface area contributed by atoms with Gasteiger partial charge in [0.1, 0.15) is 11.5 Å². The SMILES string of the molecule is COc1ccc(OCCc2nc(CC#N)cs2)cc1. The van der Waals surface area contributed by atoms with E-state index in [0.29, 0.717) is 13.0 Å². The molecule has 0 fully saturated rings. The fraction of sp³-hybridized carbons (Fsp3) is 0.286. The van der Waals surface area contributed by atoms with Gasteiger partial charge in [0.25, 0.3) is 0 Å². The van der Waals surface area contributed by atoms with Gasteiger partial charge < -0.3 is 9.47 Å². The number of nitrogens with zero attached hydrogens (tertiary/aromatic N) is 2. The predicted octanol–water partition coefficient (Wildman–Crippen LogP) is 2.84. The Morgan fingerprint density at radius 2 is 2.00 bits per heavy atom. The summed E-state index contributed by atoms with van der Waals surface area (Å²) < 4.78 is 10.7. The second kappa shape index (κ2) is 6.76. The van der Waals surface area contributed by atoms with Gasteiger partial charge in [-0.15, -0.1) is 11.3 Å². The molecule has 1 aromatic heterocycles. The number of thiazole rings is 1. The zero-order chi connectivity index (χ0) is 13.5. The molecule has 5 heteroatoms. The van der Waals surface area contributed by atoms with E-state index in [1.807, 2.05) is 29.6 Å². The van der Waals surface area contributed by atoms with Crippen LogP contribution in [0.15, 0.2) is 29.6 Å². The van der Waals surface area contributed by atoms with Crippen molar-refractivity contribution in [2.24, 2.45) is 0 Å². The number of aromatic nitrogens is 1. The molecule has 0 atom stereocenters. The maximum absolute atomic E-state index is 8.58. The number of ether oxygens (including phenoxy) is 2. The molecule has 0 aliphatic carbocycles. The highest BCUT2D eigenvalue weighted by Crippen LogP contribution is 2.17. The van der Waals surface area contributed by atoms with E-state index in [0.717, 1.165) is 28.6 Å². The van der Waals surface area contributed by atoms with Crippen LogP contribution in [0.25, 0.3) is 0 Å². The summed E-state index contributed by atoms with van der Waals surface area (Å²) in [6.45, 7) is 0.575. The lowest BCUT2D eigenvalue weighted by Crippen LogP contribution is -2.01. The van der Waals surface area contributed by atoms with Crippen molar-refractivity contribution in [3.05, 3.63) is 40.3 Å². The highest BCUT2D eigenvalue weighted by molar-refractivity contribution is 7.09. The van der Waals surface area contributed by atoms with E-state index in [9.17, 15) is 0 Å². The third kappa shape index (κ3) is 3.97. The quantitative estimate of drug-likeness (QED) is 0.812. The summed E-state index contributed by atoms with van der Waals surface area (Å²) in [5, 5.41) is 11.5. The summed E-state index contributed by atoms with van der Waals surface area (Å²) in [5.41, 5.74) is 0.840. The molecular weight excluding hydrogens is 260 g/mol. The van der Waals surface area contributed by atoms with Crippen LogP contribution < -0.4 is 9.47 Å². The molecule has 0 spiro atoms. The molecule has 1 heterocycles. The van der Waals surface area contributed by atoms with Gasteiger partial charge in [-0.2, -0.15) is 5.26 Å². The molecule has 0 radical (unpaired) electrons. The van der Waals surface area contributed by atoms with Crippen LogP contribution in [-0.2, 0) is 12.8 Å². The maximum atomic E-state index is 8.58. The lowest BCUT2D eigenvalue weighted by atomic mass is 10.3. The van der Waals surface area contributed by atoms with Gasteiger partial charge in [-0.1, -0.05) is 0 Å². The van der Waals surface area contributed by atoms with E-state index in [4.69, 9.17) is 14.7 Å². The molecule has 4 nitrogen and oxygen atoms in total. The minimum Gasteiger partial charge on any atom is -0.497 e. The Morgan fingerprint density at radius 3 is 2.68 bits per heavy atom. The normalized spacial score (nSPS) is 9.89. The Labute approximate surface area is 116 Å². The average molecular weight is 274 g/mol. The van der Waals surface area contributed by atoms with Crippen LogP contribution in [0.5, 0.6) is 11.5 Å². The Kier molecular flexibility index (Phi) is 4.76. The largest absolute Gasteiger partial charge is 0.497 e. The highest BCUT2D eigenvalue weighted by atomic mass is 32.1. The van der Waals surface area contributed by atoms with Gasteiger partial charge in [0.2, 0.25) is 0 Å². The first kappa shape index (κ1) is 13.4. The van der Waals surface area contributed by atoms with Crippen molar-refractivity contribution in [2.75, 3.05) is 13.7 Å². The molecule has 0 amide bonds. The fourth-order valence-corrected chi connectivity index (χ4v) is 2.33. The molecule has 0 N–H and O–H groups in total. The van der Waals surface area contributed by atoms with E-state index in [1.54, 1.807) is 18.4 Å². The Balaban J connectivity index is 1.80. The Morgan fingerprint density at radius 1 is 1.26 bits per heavy atom. The van der Waals surface area contributed by atoms with Gasteiger partial charge in [0.15, 0.2) is 0 Å². The molecule has 0 saturated heterocycles. The van der Waals surface area contributed by atoms with Crippen LogP contribution in [0.4, 0.5) is 0 Å². The summed E-state index contributed by atoms with van der Waals surface area (Å²) in [6, 6.07) is 9.57. The van der Waals surface area contributed by atoms with Gasteiger partial charge in [-0.25, -0.2) is 4.98 Å². The second-order valence-electron chi connectivity index (χ2n) is 3.84. The predicted molar refractivity (Wildman–Crippen MR) is 73.6 cm³/mol. The molecule has 19 heavy (non-hydrogen) atoms. The standard InChI is InChI=1S/C14H14N2O2S/c1-17-12-2-4-13(5-3-12)18-9-7-14-16-11(6-8-15)10-19-14/h2-5,10H,6-7,9H2,1H3. The lowest BCUT2D eigenvalue weighted by Gasteiger charge is -2.05. The van der Waals surface area contributed by atoms with Crippen molar-refractivity contribution in [3.8, 4) is 17.6 Å². The van der Waals surface area contributed by atoms with Crippen LogP contribution in [-0.4, -0.2) is 18.7 Å². The first-order valence-corrected chi connectivity index (χ1v) is 6.77. The van der Waals surface area contributed by atoms with Gasteiger partial charge in [-0.3, -0.25) is 0 Å². The molecule has 0 aliphatic rings. The molecule has 0 saturated carbocycles. The number of benzene rings is 1. The number of hydrogen-bond donors (Lipinski definition) is 0. The molecule has 2 aromatic rings. The number of hydrogen-bond acceptors (Lipinski definition) is 5. The first-order valence-electron chi connectivity index (χ1n) is 5.89. The van der Waals surface area contributed by atoms with E-state index in [2.05, 4.69) is 11.1 Å². The minimum atomic E-state index is 0.371. The number of nitriles is 1. The molecule has 0 unspecified atom stereocenters. The average Bonchev–Trinajstić information content (AvgIpc) is 2.88. The van der Waals surface area contributed by atoms with Crippen molar-refractivity contribution in [1.29, 1.82) is 5.26 Å². The van der Waals surface area contributed by atoms with Crippen LogP contribution in [0.1, 0.15) is 10.7 Å². The molecule has 98 valence electrons. The van der Waals surface area contributed by atoms with Crippen molar-refractivity contribution in [1.82, 2.24) is 4.98 Å². The van der Waals surface area contributed by atoms with Crippen molar-refractivity contribution >= 4 is 11.3 Å². The molecule has 0 aliphatic heterocycles. The van der Waals surface area contributed by atoms with Gasteiger partial charge >= 0.3 is 0 Å². The highest BCUT2D eigenvalue weighted by Gasteiger charge is 2.02. The summed E-state index contributed by atoms with van der Waals surface area (Å²) in [4.78, 5) is 4.35. The number of methoxy groups -OCH3 is 1. The lowest BCUT2D eigenvalue weighted by molar-refractivity contribution is 0.321. The number of rotatable bonds is 6. The van der Waals surface area contributed by atoms with E-state index in [1.165, 1.54) is 0 Å². The molecule has 0 bridgehead atoms. The minimum absolute atomic E-state index is 0.371. The van der Waals surface area contributed by atoms with Gasteiger partial charge in [0, 0.05) is 11.8 Å². The van der Waals surface area contributed by atoms with E-state index >= 15 is 0 Å². The molecule has 1 aromatic carbocycles. The zero-order valence-corrected chi connectivity index (χ0v) is 11.4. The summed E-state index contributed by atoms with van der Waals surface area (Å²) in [6.07, 6.45) is 1.12. The third-order valence-corrected chi connectivity index (χ3v) is 3.46. The topological polar surface area (TPSA) is 55.1 Å². The Bertz CT molecular complexity index is 558. The first-order chi connectivity index (χ1) is 9.31. The third-order valence-electron chi connectivity index (χ3n) is 2.50. The van der Waals surface area contributed by atoms with Crippen molar-refractivity contribution < 1.29 is 9.47 Å². The van der Waals surface area contributed by atoms with Crippen molar-refractivity contribution in [2.45, 2.75) is 12.8 Å². The van der Waals surface area contributed by atoms with Crippen LogP contribution in [0.3, 0.4) is 0 Å². The van der Waals surface area contributed by atoms with E-state index < -0.39 is 0 Å². The van der Waals surface area contributed by atoms with Crippen molar-refractivity contribution in [3.63, 3.8) is 0 Å². The maximum Gasteiger partial charge on any atom is 0.119 e. The van der Waals surface area contributed by atoms with Gasteiger partial charge in [0.05, 0.1) is 36.9 Å². The molecular formula is C14H14N2O2S. The smallest absolute Gasteiger partial charge is 0.119 e. The zero-order valence-electron chi connectivity index (χ0n) is 10.6. The second-order valence-corrected chi connectivity index (χ2v) is 4.78. The summed E-state index contributed by atoms with van der Waals surface area (Å²) in [7, 11) is 1.64. The van der Waals surface area contributed by atoms with Crippen LogP contribution in [0, 0.1) is 11.3 Å². The summed E-state index contributed by atoms with van der Waals surface area (Å²) in [5.74, 6) is 1.63. The monoisotopic (exact) mass is 274 g/mol. The fourth-order valence-electron chi connectivity index (χ4n) is 1.55. The van der Waals surface area contributed by atoms with Crippen LogP contribution >= 0.6 is 11.3 Å². The van der Waals surface area contributed by atoms with Gasteiger partial charge in [-0.05, 0) is 24.3 Å². The van der Waals surface area contributed by atoms with Crippen LogP contribution in [0.2, 0.25) is 0 Å². The Hall–Kier alpha value is -2.06. The summed E-state index contributed by atoms with van der Waals surface area (Å²) >= 11 is 1.57.